The van der Waals surface area contributed by atoms with Crippen LogP contribution in [0.1, 0.15) is 85.0 Å². The van der Waals surface area contributed by atoms with Gasteiger partial charge in [-0.2, -0.15) is 0 Å². The first-order chi connectivity index (χ1) is 7.75. The average Bonchev–Trinajstić information content (AvgIpc) is 2.29. The molecule has 3 atom stereocenters. The largest absolute Gasteiger partial charge is 0.0654 e. The third kappa shape index (κ3) is 4.89. The van der Waals surface area contributed by atoms with E-state index in [0.29, 0.717) is 0 Å². The van der Waals surface area contributed by atoms with Crippen molar-refractivity contribution >= 4 is 0 Å². The SMILES string of the molecule is CCCCCCCCC1CCCC(C)C1C. The van der Waals surface area contributed by atoms with Gasteiger partial charge in [-0.05, 0) is 17.8 Å². The van der Waals surface area contributed by atoms with Crippen LogP contribution < -0.4 is 0 Å². The Kier molecular flexibility index (Phi) is 7.16. The summed E-state index contributed by atoms with van der Waals surface area (Å²) < 4.78 is 0. The van der Waals surface area contributed by atoms with Crippen LogP contribution in [0.2, 0.25) is 0 Å². The van der Waals surface area contributed by atoms with E-state index in [4.69, 9.17) is 0 Å². The van der Waals surface area contributed by atoms with Gasteiger partial charge in [0.1, 0.15) is 0 Å². The van der Waals surface area contributed by atoms with Gasteiger partial charge in [0.2, 0.25) is 0 Å². The number of hydrogen-bond donors (Lipinski definition) is 0. The summed E-state index contributed by atoms with van der Waals surface area (Å²) in [5.41, 5.74) is 0. The van der Waals surface area contributed by atoms with Crippen molar-refractivity contribution in [3.8, 4) is 0 Å². The summed E-state index contributed by atoms with van der Waals surface area (Å²) in [6, 6.07) is 0. The van der Waals surface area contributed by atoms with E-state index in [1.807, 2.05) is 0 Å². The fraction of sp³-hybridized carbons (Fsp3) is 1.00. The predicted molar refractivity (Wildman–Crippen MR) is 73.7 cm³/mol. The average molecular weight is 224 g/mol. The fourth-order valence-corrected chi connectivity index (χ4v) is 3.29. The van der Waals surface area contributed by atoms with Gasteiger partial charge in [-0.15, -0.1) is 0 Å². The first-order valence-corrected chi connectivity index (χ1v) is 7.75. The molecule has 0 heterocycles. The number of hydrogen-bond acceptors (Lipinski definition) is 0. The van der Waals surface area contributed by atoms with E-state index >= 15 is 0 Å². The molecule has 0 heteroatoms. The Labute approximate surface area is 103 Å². The molecule has 0 aromatic carbocycles. The molecule has 0 N–H and O–H groups in total. The second-order valence-electron chi connectivity index (χ2n) is 6.08. The van der Waals surface area contributed by atoms with E-state index in [1.54, 1.807) is 0 Å². The van der Waals surface area contributed by atoms with E-state index in [2.05, 4.69) is 20.8 Å². The van der Waals surface area contributed by atoms with Gasteiger partial charge in [0.25, 0.3) is 0 Å². The lowest BCUT2D eigenvalue weighted by Crippen LogP contribution is -2.23. The minimum atomic E-state index is 0.985. The molecular formula is C16H32. The molecule has 16 heavy (non-hydrogen) atoms. The van der Waals surface area contributed by atoms with Crippen LogP contribution in [0, 0.1) is 17.8 Å². The van der Waals surface area contributed by atoms with Crippen LogP contribution in [-0.4, -0.2) is 0 Å². The Bertz CT molecular complexity index is 161. The highest BCUT2D eigenvalue weighted by atomic mass is 14.3. The van der Waals surface area contributed by atoms with Gasteiger partial charge in [-0.1, -0.05) is 85.0 Å². The van der Waals surface area contributed by atoms with Crippen molar-refractivity contribution in [3.05, 3.63) is 0 Å². The highest BCUT2D eigenvalue weighted by Crippen LogP contribution is 2.37. The van der Waals surface area contributed by atoms with Crippen LogP contribution >= 0.6 is 0 Å². The zero-order valence-corrected chi connectivity index (χ0v) is 11.8. The Hall–Kier alpha value is 0. The summed E-state index contributed by atoms with van der Waals surface area (Å²) in [7, 11) is 0. The van der Waals surface area contributed by atoms with E-state index in [0.717, 1.165) is 17.8 Å². The molecule has 0 bridgehead atoms. The zero-order valence-electron chi connectivity index (χ0n) is 11.8. The van der Waals surface area contributed by atoms with Gasteiger partial charge < -0.3 is 0 Å². The molecule has 0 nitrogen and oxygen atoms in total. The second-order valence-corrected chi connectivity index (χ2v) is 6.08. The van der Waals surface area contributed by atoms with Crippen LogP contribution in [0.3, 0.4) is 0 Å². The van der Waals surface area contributed by atoms with E-state index in [9.17, 15) is 0 Å². The standard InChI is InChI=1S/C16H32/c1-4-5-6-7-8-9-12-16-13-10-11-14(2)15(16)3/h14-16H,4-13H2,1-3H3. The summed E-state index contributed by atoms with van der Waals surface area (Å²) >= 11 is 0. The maximum atomic E-state index is 2.49. The molecule has 3 unspecified atom stereocenters. The Morgan fingerprint density at radius 1 is 0.875 bits per heavy atom. The monoisotopic (exact) mass is 224 g/mol. The maximum absolute atomic E-state index is 2.49. The molecule has 0 aromatic rings. The van der Waals surface area contributed by atoms with Gasteiger partial charge in [-0.25, -0.2) is 0 Å². The molecule has 1 aliphatic carbocycles. The normalized spacial score (nSPS) is 30.6. The van der Waals surface area contributed by atoms with E-state index in [1.165, 1.54) is 64.2 Å². The molecule has 96 valence electrons. The van der Waals surface area contributed by atoms with Crippen molar-refractivity contribution in [1.29, 1.82) is 0 Å². The second kappa shape index (κ2) is 8.14. The molecule has 0 aliphatic heterocycles. The lowest BCUT2D eigenvalue weighted by molar-refractivity contribution is 0.169. The topological polar surface area (TPSA) is 0 Å². The highest BCUT2D eigenvalue weighted by molar-refractivity contribution is 4.76. The van der Waals surface area contributed by atoms with E-state index < -0.39 is 0 Å². The van der Waals surface area contributed by atoms with Gasteiger partial charge in [-0.3, -0.25) is 0 Å². The molecule has 1 saturated carbocycles. The Balaban J connectivity index is 2.03. The van der Waals surface area contributed by atoms with Crippen molar-refractivity contribution in [3.63, 3.8) is 0 Å². The molecular weight excluding hydrogens is 192 g/mol. The molecule has 0 radical (unpaired) electrons. The first kappa shape index (κ1) is 14.1. The minimum Gasteiger partial charge on any atom is -0.0654 e. The first-order valence-electron chi connectivity index (χ1n) is 7.75. The smallest absolute Gasteiger partial charge is 0.0386 e. The third-order valence-corrected chi connectivity index (χ3v) is 4.80. The van der Waals surface area contributed by atoms with Gasteiger partial charge in [0.05, 0.1) is 0 Å². The van der Waals surface area contributed by atoms with Crippen molar-refractivity contribution in [2.24, 2.45) is 17.8 Å². The Morgan fingerprint density at radius 2 is 1.56 bits per heavy atom. The van der Waals surface area contributed by atoms with Gasteiger partial charge in [0, 0.05) is 0 Å². The lowest BCUT2D eigenvalue weighted by Gasteiger charge is -2.34. The highest BCUT2D eigenvalue weighted by Gasteiger charge is 2.26. The van der Waals surface area contributed by atoms with Crippen molar-refractivity contribution in [2.75, 3.05) is 0 Å². The molecule has 1 rings (SSSR count). The predicted octanol–water partition coefficient (Wildman–Crippen LogP) is 5.81. The summed E-state index contributed by atoms with van der Waals surface area (Å²) in [4.78, 5) is 0. The molecule has 0 spiro atoms. The molecule has 0 amide bonds. The van der Waals surface area contributed by atoms with Crippen molar-refractivity contribution in [2.45, 2.75) is 85.0 Å². The number of rotatable bonds is 7. The van der Waals surface area contributed by atoms with Crippen LogP contribution in [0.25, 0.3) is 0 Å². The van der Waals surface area contributed by atoms with Crippen LogP contribution in [0.4, 0.5) is 0 Å². The van der Waals surface area contributed by atoms with Gasteiger partial charge >= 0.3 is 0 Å². The zero-order chi connectivity index (χ0) is 11.8. The van der Waals surface area contributed by atoms with Crippen LogP contribution in [0.5, 0.6) is 0 Å². The summed E-state index contributed by atoms with van der Waals surface area (Å²) in [6.45, 7) is 7.24. The van der Waals surface area contributed by atoms with Crippen LogP contribution in [0.15, 0.2) is 0 Å². The van der Waals surface area contributed by atoms with Gasteiger partial charge in [0.15, 0.2) is 0 Å². The summed E-state index contributed by atoms with van der Waals surface area (Å²) in [5.74, 6) is 3.03. The molecule has 1 fully saturated rings. The fourth-order valence-electron chi connectivity index (χ4n) is 3.29. The minimum absolute atomic E-state index is 0.985. The van der Waals surface area contributed by atoms with Crippen molar-refractivity contribution in [1.82, 2.24) is 0 Å². The summed E-state index contributed by atoms with van der Waals surface area (Å²) in [6.07, 6.45) is 14.7. The van der Waals surface area contributed by atoms with E-state index in [-0.39, 0.29) is 0 Å². The summed E-state index contributed by atoms with van der Waals surface area (Å²) in [5, 5.41) is 0. The maximum Gasteiger partial charge on any atom is -0.0386 e. The van der Waals surface area contributed by atoms with Crippen LogP contribution in [-0.2, 0) is 0 Å². The van der Waals surface area contributed by atoms with Crippen molar-refractivity contribution < 1.29 is 0 Å². The lowest BCUT2D eigenvalue weighted by atomic mass is 9.72. The number of unbranched alkanes of at least 4 members (excludes halogenated alkanes) is 5. The quantitative estimate of drug-likeness (QED) is 0.479. The molecule has 0 aromatic heterocycles. The molecule has 0 saturated heterocycles. The Morgan fingerprint density at radius 3 is 2.31 bits per heavy atom. The third-order valence-electron chi connectivity index (χ3n) is 4.80. The molecule has 1 aliphatic rings.